The average Bonchev–Trinajstić information content (AvgIpc) is 2.54. The molecule has 2 aromatic carbocycles. The van der Waals surface area contributed by atoms with Gasteiger partial charge in [-0.3, -0.25) is 4.18 Å². The Morgan fingerprint density at radius 1 is 1.07 bits per heavy atom. The number of halogens is 5. The Kier molecular flexibility index (Phi) is 6.42. The van der Waals surface area contributed by atoms with Crippen molar-refractivity contribution in [1.29, 1.82) is 0 Å². The normalized spacial score (nSPS) is 13.4. The van der Waals surface area contributed by atoms with Gasteiger partial charge in [-0.05, 0) is 29.8 Å². The molecule has 0 amide bonds. The van der Waals surface area contributed by atoms with Crippen LogP contribution < -0.4 is 4.74 Å². The Hall–Kier alpha value is -2.20. The van der Waals surface area contributed by atoms with Gasteiger partial charge in [0.25, 0.3) is 10.1 Å². The van der Waals surface area contributed by atoms with Gasteiger partial charge in [-0.25, -0.2) is 8.78 Å². The monoisotopic (exact) mass is 410 g/mol. The number of hydrogen-bond acceptors (Lipinski definition) is 4. The molecule has 1 unspecified atom stereocenters. The molecule has 0 heterocycles. The van der Waals surface area contributed by atoms with E-state index in [0.29, 0.717) is 6.07 Å². The second kappa shape index (κ2) is 8.22. The van der Waals surface area contributed by atoms with Crippen LogP contribution in [-0.4, -0.2) is 21.3 Å². The molecule has 0 saturated heterocycles. The second-order valence-corrected chi connectivity index (χ2v) is 7.26. The predicted octanol–water partition coefficient (Wildman–Crippen LogP) is 4.47. The number of ether oxygens (including phenoxy) is 1. The van der Waals surface area contributed by atoms with Gasteiger partial charge in [-0.1, -0.05) is 12.1 Å². The van der Waals surface area contributed by atoms with Crippen molar-refractivity contribution in [1.82, 2.24) is 0 Å². The van der Waals surface area contributed by atoms with E-state index < -0.39 is 52.0 Å². The van der Waals surface area contributed by atoms with Gasteiger partial charge in [0.05, 0.1) is 18.4 Å². The molecule has 148 valence electrons. The van der Waals surface area contributed by atoms with Crippen LogP contribution in [-0.2, 0) is 20.5 Å². The van der Waals surface area contributed by atoms with Gasteiger partial charge in [0.2, 0.25) is 0 Å². The van der Waals surface area contributed by atoms with Crippen molar-refractivity contribution in [2.24, 2.45) is 0 Å². The Morgan fingerprint density at radius 2 is 1.78 bits per heavy atom. The van der Waals surface area contributed by atoms with E-state index >= 15 is 0 Å². The molecule has 0 aromatic heterocycles. The largest absolute Gasteiger partial charge is 0.483 e. The van der Waals surface area contributed by atoms with E-state index in [2.05, 4.69) is 4.18 Å². The number of alkyl halides is 3. The maximum atomic E-state index is 13.8. The van der Waals surface area contributed by atoms with Gasteiger partial charge >= 0.3 is 6.18 Å². The summed E-state index contributed by atoms with van der Waals surface area (Å²) in [5.41, 5.74) is -0.914. The van der Waals surface area contributed by atoms with E-state index in [9.17, 15) is 30.4 Å². The molecule has 0 fully saturated rings. The molecule has 27 heavy (non-hydrogen) atoms. The van der Waals surface area contributed by atoms with Crippen LogP contribution in [0.4, 0.5) is 22.0 Å². The number of benzene rings is 2. The van der Waals surface area contributed by atoms with Crippen LogP contribution in [0.15, 0.2) is 42.5 Å². The summed E-state index contributed by atoms with van der Waals surface area (Å²) in [4.78, 5) is 0. The van der Waals surface area contributed by atoms with E-state index in [-0.39, 0.29) is 12.0 Å². The van der Waals surface area contributed by atoms with Crippen LogP contribution in [0.5, 0.6) is 5.75 Å². The maximum Gasteiger partial charge on any atom is 0.416 e. The molecule has 0 radical (unpaired) electrons. The van der Waals surface area contributed by atoms with Crippen LogP contribution in [0.25, 0.3) is 0 Å². The molecule has 0 bridgehead atoms. The molecule has 0 N–H and O–H groups in total. The van der Waals surface area contributed by atoms with Gasteiger partial charge in [0, 0.05) is 12.5 Å². The maximum absolute atomic E-state index is 13.8. The van der Waals surface area contributed by atoms with Crippen LogP contribution in [0.2, 0.25) is 0 Å². The van der Waals surface area contributed by atoms with Crippen molar-refractivity contribution >= 4 is 10.1 Å². The summed E-state index contributed by atoms with van der Waals surface area (Å²) in [6.07, 6.45) is -5.14. The topological polar surface area (TPSA) is 52.6 Å². The quantitative estimate of drug-likeness (QED) is 0.499. The Labute approximate surface area is 152 Å². The Morgan fingerprint density at radius 3 is 2.37 bits per heavy atom. The highest BCUT2D eigenvalue weighted by Gasteiger charge is 2.31. The molecule has 0 aliphatic carbocycles. The van der Waals surface area contributed by atoms with E-state index in [0.717, 1.165) is 36.6 Å². The third kappa shape index (κ3) is 6.47. The molecule has 0 saturated carbocycles. The molecule has 0 aliphatic heterocycles. The molecule has 0 spiro atoms. The second-order valence-electron chi connectivity index (χ2n) is 5.62. The zero-order chi connectivity index (χ0) is 20.2. The van der Waals surface area contributed by atoms with Gasteiger partial charge < -0.3 is 4.74 Å². The summed E-state index contributed by atoms with van der Waals surface area (Å²) in [7, 11) is -3.78. The molecule has 1 atom stereocenters. The highest BCUT2D eigenvalue weighted by molar-refractivity contribution is 7.85. The molecular weight excluding hydrogens is 395 g/mol. The smallest absolute Gasteiger partial charge is 0.416 e. The van der Waals surface area contributed by atoms with Crippen molar-refractivity contribution in [3.63, 3.8) is 0 Å². The van der Waals surface area contributed by atoms with E-state index in [1.165, 1.54) is 6.07 Å². The first kappa shape index (κ1) is 21.1. The molecule has 2 rings (SSSR count). The van der Waals surface area contributed by atoms with Crippen LogP contribution in [0, 0.1) is 11.6 Å². The first-order valence-corrected chi connectivity index (χ1v) is 9.40. The number of rotatable bonds is 7. The summed E-state index contributed by atoms with van der Waals surface area (Å²) in [6.45, 7) is -0.400. The minimum atomic E-state index is -4.61. The average molecular weight is 410 g/mol. The van der Waals surface area contributed by atoms with Gasteiger partial charge in [-0.2, -0.15) is 21.6 Å². The fourth-order valence-electron chi connectivity index (χ4n) is 2.24. The summed E-state index contributed by atoms with van der Waals surface area (Å²) < 4.78 is 97.7. The summed E-state index contributed by atoms with van der Waals surface area (Å²) >= 11 is 0. The Bertz CT molecular complexity index is 896. The zero-order valence-electron chi connectivity index (χ0n) is 14.0. The molecule has 4 nitrogen and oxygen atoms in total. The van der Waals surface area contributed by atoms with Crippen molar-refractivity contribution in [2.45, 2.75) is 18.7 Å². The van der Waals surface area contributed by atoms with Crippen LogP contribution >= 0.6 is 0 Å². The third-order valence-corrected chi connectivity index (χ3v) is 4.02. The lowest BCUT2D eigenvalue weighted by Gasteiger charge is -2.21. The van der Waals surface area contributed by atoms with Gasteiger partial charge in [0.1, 0.15) is 11.9 Å². The lowest BCUT2D eigenvalue weighted by Crippen LogP contribution is -2.15. The summed E-state index contributed by atoms with van der Waals surface area (Å²) in [5.74, 6) is -2.29. The zero-order valence-corrected chi connectivity index (χ0v) is 14.8. The molecule has 2 aromatic rings. The first-order valence-electron chi connectivity index (χ1n) is 7.59. The molecule has 0 aliphatic rings. The summed E-state index contributed by atoms with van der Waals surface area (Å²) in [5, 5.41) is 0. The lowest BCUT2D eigenvalue weighted by molar-refractivity contribution is -0.137. The van der Waals surface area contributed by atoms with Gasteiger partial charge in [-0.15, -0.1) is 0 Å². The van der Waals surface area contributed by atoms with Crippen LogP contribution in [0.3, 0.4) is 0 Å². The van der Waals surface area contributed by atoms with Crippen molar-refractivity contribution in [3.05, 3.63) is 65.2 Å². The predicted molar refractivity (Wildman–Crippen MR) is 86.6 cm³/mol. The lowest BCUT2D eigenvalue weighted by atomic mass is 10.0. The minimum absolute atomic E-state index is 0.0330. The fraction of sp³-hybridized carbons (Fsp3) is 0.294. The minimum Gasteiger partial charge on any atom is -0.483 e. The highest BCUT2D eigenvalue weighted by atomic mass is 32.2. The van der Waals surface area contributed by atoms with Crippen molar-refractivity contribution in [3.8, 4) is 5.75 Å². The first-order chi connectivity index (χ1) is 12.5. The van der Waals surface area contributed by atoms with Crippen LogP contribution in [0.1, 0.15) is 23.7 Å². The SMILES string of the molecule is CS(=O)(=O)OCCC(Oc1ccc(F)cc1F)c1cccc(C(F)(F)F)c1. The summed E-state index contributed by atoms with van der Waals surface area (Å²) in [6, 6.07) is 6.61. The fourth-order valence-corrected chi connectivity index (χ4v) is 2.64. The molecule has 10 heteroatoms. The van der Waals surface area contributed by atoms with Crippen molar-refractivity contribution < 1.29 is 39.3 Å². The standard InChI is InChI=1S/C17H15F5O4S/c1-27(23,24)25-8-7-15(26-16-6-5-13(18)10-14(16)19)11-3-2-4-12(9-11)17(20,21)22/h2-6,9-10,15H,7-8H2,1H3. The van der Waals surface area contributed by atoms with Gasteiger partial charge in [0.15, 0.2) is 11.6 Å². The van der Waals surface area contributed by atoms with E-state index in [1.807, 2.05) is 0 Å². The van der Waals surface area contributed by atoms with E-state index in [1.54, 1.807) is 0 Å². The van der Waals surface area contributed by atoms with Crippen molar-refractivity contribution in [2.75, 3.05) is 12.9 Å². The third-order valence-electron chi connectivity index (χ3n) is 3.43. The Balaban J connectivity index is 2.31. The molecular formula is C17H15F5O4S. The highest BCUT2D eigenvalue weighted by Crippen LogP contribution is 2.33. The number of hydrogen-bond donors (Lipinski definition) is 0. The van der Waals surface area contributed by atoms with E-state index in [4.69, 9.17) is 4.74 Å².